The van der Waals surface area contributed by atoms with Gasteiger partial charge in [-0.25, -0.2) is 9.97 Å². The molecule has 0 radical (unpaired) electrons. The highest BCUT2D eigenvalue weighted by Crippen LogP contribution is 2.52. The number of anilines is 3. The molecule has 0 unspecified atom stereocenters. The van der Waals surface area contributed by atoms with Crippen molar-refractivity contribution in [3.05, 3.63) is 187 Å². The molecule has 5 nitrogen and oxygen atoms in total. The molecule has 0 atom stereocenters. The van der Waals surface area contributed by atoms with Gasteiger partial charge in [-0.05, 0) is 82.9 Å². The van der Waals surface area contributed by atoms with Crippen LogP contribution in [0.25, 0.3) is 77.2 Å². The zero-order valence-electron chi connectivity index (χ0n) is 31.0. The van der Waals surface area contributed by atoms with Crippen LogP contribution in [0.15, 0.2) is 176 Å². The molecule has 0 saturated carbocycles. The number of hydrogen-bond acceptors (Lipinski definition) is 3. The Balaban J connectivity index is 1.19. The summed E-state index contributed by atoms with van der Waals surface area (Å²) in [5, 5.41) is 5.67. The molecule has 0 saturated heterocycles. The number of para-hydroxylation sites is 5. The predicted octanol–water partition coefficient (Wildman–Crippen LogP) is 13.1. The molecule has 3 heterocycles. The Morgan fingerprint density at radius 1 is 0.464 bits per heavy atom. The first kappa shape index (κ1) is 31.1. The summed E-state index contributed by atoms with van der Waals surface area (Å²) in [5.74, 6) is 0.817. The second-order valence-corrected chi connectivity index (χ2v) is 15.4. The summed E-state index contributed by atoms with van der Waals surface area (Å²) in [4.78, 5) is 13.1. The molecule has 12 rings (SSSR count). The van der Waals surface area contributed by atoms with Crippen LogP contribution in [0.2, 0.25) is 0 Å². The molecule has 0 amide bonds. The van der Waals surface area contributed by atoms with Gasteiger partial charge in [0, 0.05) is 43.7 Å². The van der Waals surface area contributed by atoms with Gasteiger partial charge in [0.05, 0.1) is 33.3 Å². The Morgan fingerprint density at radius 3 is 1.95 bits per heavy atom. The zero-order valence-corrected chi connectivity index (χ0v) is 31.0. The second kappa shape index (κ2) is 11.4. The van der Waals surface area contributed by atoms with E-state index in [1.807, 2.05) is 0 Å². The molecule has 0 fully saturated rings. The van der Waals surface area contributed by atoms with Crippen molar-refractivity contribution in [1.29, 1.82) is 0 Å². The number of rotatable bonds is 4. The molecule has 3 aromatic heterocycles. The van der Waals surface area contributed by atoms with Crippen LogP contribution in [-0.4, -0.2) is 18.9 Å². The fourth-order valence-corrected chi connectivity index (χ4v) is 9.51. The van der Waals surface area contributed by atoms with Crippen LogP contribution in [0.5, 0.6) is 0 Å². The van der Waals surface area contributed by atoms with E-state index in [-0.39, 0.29) is 5.41 Å². The van der Waals surface area contributed by atoms with E-state index in [9.17, 15) is 0 Å². The molecule has 264 valence electrons. The fourth-order valence-electron chi connectivity index (χ4n) is 9.51. The first-order valence-electron chi connectivity index (χ1n) is 19.3. The van der Waals surface area contributed by atoms with Crippen LogP contribution in [0, 0.1) is 0 Å². The summed E-state index contributed by atoms with van der Waals surface area (Å²) in [6.07, 6.45) is 0. The zero-order chi connectivity index (χ0) is 37.1. The van der Waals surface area contributed by atoms with Gasteiger partial charge in [0.15, 0.2) is 0 Å². The molecule has 56 heavy (non-hydrogen) atoms. The summed E-state index contributed by atoms with van der Waals surface area (Å²) in [5.41, 5.74) is 14.6. The Kier molecular flexibility index (Phi) is 6.33. The predicted molar refractivity (Wildman–Crippen MR) is 232 cm³/mol. The van der Waals surface area contributed by atoms with Gasteiger partial charge >= 0.3 is 0 Å². The van der Waals surface area contributed by atoms with Crippen LogP contribution in [-0.2, 0) is 5.41 Å². The van der Waals surface area contributed by atoms with Crippen LogP contribution >= 0.6 is 0 Å². The Bertz CT molecular complexity index is 3410. The number of hydrogen-bond donors (Lipinski definition) is 0. The standard InChI is InChI=1S/C51H35N5/c1-51(2)41-23-11-8-18-34(41)35-29-28-33(30-42(35)51)54(32-16-4-3-5-17-32)47-31-40-37-20-10-14-26-45(37)55(48(40)38-21-7-6-19-36(38)47)50-53-43-24-12-9-22-39(43)49-52-44-25-13-15-27-46(44)56(49)50/h3-31H,1-2H3. The lowest BCUT2D eigenvalue weighted by Crippen LogP contribution is -2.16. The molecule has 5 heteroatoms. The largest absolute Gasteiger partial charge is 0.310 e. The van der Waals surface area contributed by atoms with Crippen molar-refractivity contribution in [1.82, 2.24) is 18.9 Å². The minimum absolute atomic E-state index is 0.126. The molecular formula is C51H35N5. The molecule has 0 N–H and O–H groups in total. The van der Waals surface area contributed by atoms with Crippen molar-refractivity contribution in [3.8, 4) is 17.1 Å². The van der Waals surface area contributed by atoms with E-state index < -0.39 is 0 Å². The van der Waals surface area contributed by atoms with Crippen molar-refractivity contribution >= 4 is 77.2 Å². The number of fused-ring (bicyclic) bond motifs is 13. The van der Waals surface area contributed by atoms with Crippen LogP contribution < -0.4 is 4.90 Å². The van der Waals surface area contributed by atoms with E-state index in [1.54, 1.807) is 0 Å². The van der Waals surface area contributed by atoms with E-state index in [0.29, 0.717) is 0 Å². The summed E-state index contributed by atoms with van der Waals surface area (Å²) < 4.78 is 4.61. The number of benzene rings is 8. The highest BCUT2D eigenvalue weighted by molar-refractivity contribution is 6.22. The average Bonchev–Trinajstić information content (AvgIpc) is 3.88. The highest BCUT2D eigenvalue weighted by Gasteiger charge is 2.36. The van der Waals surface area contributed by atoms with Crippen molar-refractivity contribution in [2.45, 2.75) is 19.3 Å². The SMILES string of the molecule is CC1(C)c2ccccc2-c2ccc(N(c3ccccc3)c3cc4c5ccccc5n(-c5nc6ccccc6c6nc7ccccc7n56)c4c4ccccc34)cc21. The van der Waals surface area contributed by atoms with Gasteiger partial charge in [-0.1, -0.05) is 129 Å². The minimum atomic E-state index is -0.126. The van der Waals surface area contributed by atoms with E-state index in [4.69, 9.17) is 9.97 Å². The van der Waals surface area contributed by atoms with Crippen LogP contribution in [0.1, 0.15) is 25.0 Å². The smallest absolute Gasteiger partial charge is 0.221 e. The lowest BCUT2D eigenvalue weighted by atomic mass is 9.82. The molecule has 11 aromatic rings. The molecule has 0 bridgehead atoms. The van der Waals surface area contributed by atoms with Gasteiger partial charge in [-0.2, -0.15) is 0 Å². The Morgan fingerprint density at radius 2 is 1.11 bits per heavy atom. The summed E-state index contributed by atoms with van der Waals surface area (Å²) in [6, 6.07) is 63.4. The minimum Gasteiger partial charge on any atom is -0.310 e. The van der Waals surface area contributed by atoms with E-state index in [2.05, 4.69) is 204 Å². The first-order chi connectivity index (χ1) is 27.6. The van der Waals surface area contributed by atoms with Gasteiger partial charge in [-0.3, -0.25) is 8.97 Å². The lowest BCUT2D eigenvalue weighted by molar-refractivity contribution is 0.660. The third-order valence-electron chi connectivity index (χ3n) is 12.1. The fraction of sp³-hybridized carbons (Fsp3) is 0.0588. The molecule has 0 spiro atoms. The molecule has 0 aliphatic heterocycles. The molecular weight excluding hydrogens is 683 g/mol. The second-order valence-electron chi connectivity index (χ2n) is 15.4. The third-order valence-corrected chi connectivity index (χ3v) is 12.1. The first-order valence-corrected chi connectivity index (χ1v) is 19.3. The van der Waals surface area contributed by atoms with E-state index in [0.717, 1.165) is 77.8 Å². The van der Waals surface area contributed by atoms with Gasteiger partial charge < -0.3 is 4.90 Å². The maximum Gasteiger partial charge on any atom is 0.221 e. The van der Waals surface area contributed by atoms with Crippen molar-refractivity contribution < 1.29 is 0 Å². The van der Waals surface area contributed by atoms with E-state index in [1.165, 1.54) is 27.6 Å². The maximum atomic E-state index is 5.47. The normalized spacial score (nSPS) is 13.3. The van der Waals surface area contributed by atoms with Crippen molar-refractivity contribution in [2.75, 3.05) is 4.90 Å². The highest BCUT2D eigenvalue weighted by atomic mass is 15.2. The maximum absolute atomic E-state index is 5.47. The lowest BCUT2D eigenvalue weighted by Gasteiger charge is -2.29. The van der Waals surface area contributed by atoms with Crippen molar-refractivity contribution in [3.63, 3.8) is 0 Å². The topological polar surface area (TPSA) is 38.4 Å². The third kappa shape index (κ3) is 4.20. The Labute approximate surface area is 323 Å². The summed E-state index contributed by atoms with van der Waals surface area (Å²) in [7, 11) is 0. The van der Waals surface area contributed by atoms with Crippen LogP contribution in [0.3, 0.4) is 0 Å². The van der Waals surface area contributed by atoms with Crippen LogP contribution in [0.4, 0.5) is 17.1 Å². The number of aromatic nitrogens is 4. The van der Waals surface area contributed by atoms with E-state index >= 15 is 0 Å². The quantitative estimate of drug-likeness (QED) is 0.182. The molecule has 1 aliphatic rings. The number of nitrogens with zero attached hydrogens (tertiary/aromatic N) is 5. The van der Waals surface area contributed by atoms with Crippen molar-refractivity contribution in [2.24, 2.45) is 0 Å². The van der Waals surface area contributed by atoms with Gasteiger partial charge in [-0.15, -0.1) is 0 Å². The molecule has 8 aromatic carbocycles. The number of imidazole rings is 1. The van der Waals surface area contributed by atoms with Gasteiger partial charge in [0.25, 0.3) is 0 Å². The average molecular weight is 718 g/mol. The summed E-state index contributed by atoms with van der Waals surface area (Å²) in [6.45, 7) is 4.71. The van der Waals surface area contributed by atoms with Gasteiger partial charge in [0.2, 0.25) is 5.95 Å². The van der Waals surface area contributed by atoms with Gasteiger partial charge in [0.1, 0.15) is 5.65 Å². The molecule has 1 aliphatic carbocycles. The Hall–Kier alpha value is -7.24. The summed E-state index contributed by atoms with van der Waals surface area (Å²) >= 11 is 0. The monoisotopic (exact) mass is 717 g/mol.